The summed E-state index contributed by atoms with van der Waals surface area (Å²) in [4.78, 5) is 37.5. The zero-order chi connectivity index (χ0) is 25.2. The Morgan fingerprint density at radius 3 is 2.09 bits per heavy atom. The van der Waals surface area contributed by atoms with Crippen molar-refractivity contribution in [1.82, 2.24) is 10.6 Å². The summed E-state index contributed by atoms with van der Waals surface area (Å²) < 4.78 is 5.64. The fraction of sp³-hybridized carbons (Fsp3) is 0.464. The number of rotatable bonds is 7. The molecular weight excluding hydrogens is 444 g/mol. The molecule has 0 aliphatic heterocycles. The van der Waals surface area contributed by atoms with Crippen molar-refractivity contribution in [1.29, 1.82) is 0 Å². The number of hydrogen-bond acceptors (Lipinski definition) is 4. The molecule has 0 saturated heterocycles. The van der Waals surface area contributed by atoms with Crippen LogP contribution in [0, 0.1) is 11.3 Å². The highest BCUT2D eigenvalue weighted by Crippen LogP contribution is 2.44. The summed E-state index contributed by atoms with van der Waals surface area (Å²) in [5, 5.41) is 14.9. The molecule has 0 radical (unpaired) electrons. The number of ether oxygens (including phenoxy) is 1. The highest BCUT2D eigenvalue weighted by atomic mass is 16.5. The SMILES string of the molecule is CC1CCC(CNC(=O)OCC2c3ccccc3-c3ccccc32)(C(=O)NC(C)(C)C(=O)O)CC1. The van der Waals surface area contributed by atoms with Crippen LogP contribution in [0.15, 0.2) is 48.5 Å². The van der Waals surface area contributed by atoms with Crippen molar-refractivity contribution < 1.29 is 24.2 Å². The Morgan fingerprint density at radius 2 is 1.54 bits per heavy atom. The molecule has 1 fully saturated rings. The van der Waals surface area contributed by atoms with Crippen LogP contribution >= 0.6 is 0 Å². The zero-order valence-electron chi connectivity index (χ0n) is 20.6. The number of carbonyl (C=O) groups excluding carboxylic acids is 2. The third-order valence-electron chi connectivity index (χ3n) is 7.59. The van der Waals surface area contributed by atoms with Gasteiger partial charge in [0.1, 0.15) is 12.1 Å². The van der Waals surface area contributed by atoms with Crippen molar-refractivity contribution in [3.8, 4) is 11.1 Å². The maximum absolute atomic E-state index is 13.2. The molecular formula is C28H34N2O5. The van der Waals surface area contributed by atoms with E-state index >= 15 is 0 Å². The van der Waals surface area contributed by atoms with Crippen LogP contribution in [-0.2, 0) is 14.3 Å². The number of carboxylic acids is 1. The lowest BCUT2D eigenvalue weighted by Crippen LogP contribution is -2.58. The Hall–Kier alpha value is -3.35. The predicted molar refractivity (Wildman–Crippen MR) is 133 cm³/mol. The van der Waals surface area contributed by atoms with Crippen LogP contribution in [0.4, 0.5) is 4.79 Å². The monoisotopic (exact) mass is 478 g/mol. The van der Waals surface area contributed by atoms with E-state index in [9.17, 15) is 19.5 Å². The second kappa shape index (κ2) is 9.72. The van der Waals surface area contributed by atoms with Gasteiger partial charge in [-0.2, -0.15) is 0 Å². The highest BCUT2D eigenvalue weighted by Gasteiger charge is 2.44. The summed E-state index contributed by atoms with van der Waals surface area (Å²) in [5.41, 5.74) is 2.33. The molecule has 186 valence electrons. The normalized spacial score (nSPS) is 21.5. The van der Waals surface area contributed by atoms with E-state index in [4.69, 9.17) is 4.74 Å². The molecule has 0 unspecified atom stereocenters. The summed E-state index contributed by atoms with van der Waals surface area (Å²) in [6.07, 6.45) is 2.27. The first kappa shape index (κ1) is 24.8. The Morgan fingerprint density at radius 1 is 1.00 bits per heavy atom. The zero-order valence-corrected chi connectivity index (χ0v) is 20.6. The number of aliphatic carboxylic acids is 1. The van der Waals surface area contributed by atoms with Crippen LogP contribution in [0.1, 0.15) is 63.5 Å². The van der Waals surface area contributed by atoms with E-state index in [2.05, 4.69) is 41.8 Å². The maximum atomic E-state index is 13.2. The second-order valence-electron chi connectivity index (χ2n) is 10.5. The van der Waals surface area contributed by atoms with Gasteiger partial charge in [-0.15, -0.1) is 0 Å². The van der Waals surface area contributed by atoms with Crippen LogP contribution in [-0.4, -0.2) is 41.8 Å². The van der Waals surface area contributed by atoms with Crippen LogP contribution in [0.2, 0.25) is 0 Å². The van der Waals surface area contributed by atoms with Gasteiger partial charge in [-0.25, -0.2) is 9.59 Å². The number of benzene rings is 2. The van der Waals surface area contributed by atoms with E-state index in [0.29, 0.717) is 18.8 Å². The molecule has 0 atom stereocenters. The average Bonchev–Trinajstić information content (AvgIpc) is 3.16. The van der Waals surface area contributed by atoms with Gasteiger partial charge in [-0.3, -0.25) is 4.79 Å². The smallest absolute Gasteiger partial charge is 0.407 e. The van der Waals surface area contributed by atoms with Crippen molar-refractivity contribution in [2.75, 3.05) is 13.2 Å². The van der Waals surface area contributed by atoms with E-state index < -0.39 is 23.0 Å². The molecule has 2 amide bonds. The number of fused-ring (bicyclic) bond motifs is 3. The minimum Gasteiger partial charge on any atom is -0.480 e. The molecule has 7 nitrogen and oxygen atoms in total. The van der Waals surface area contributed by atoms with E-state index in [1.165, 1.54) is 13.8 Å². The molecule has 0 bridgehead atoms. The quantitative estimate of drug-likeness (QED) is 0.535. The maximum Gasteiger partial charge on any atom is 0.407 e. The van der Waals surface area contributed by atoms with Gasteiger partial charge >= 0.3 is 12.1 Å². The number of alkyl carbamates (subject to hydrolysis) is 1. The minimum atomic E-state index is -1.39. The van der Waals surface area contributed by atoms with Gasteiger partial charge in [-0.1, -0.05) is 55.5 Å². The molecule has 2 aliphatic rings. The van der Waals surface area contributed by atoms with Gasteiger partial charge in [0.25, 0.3) is 0 Å². The Kier molecular flexibility index (Phi) is 6.88. The number of nitrogens with one attached hydrogen (secondary N) is 2. The Bertz CT molecular complexity index is 1070. The first-order valence-electron chi connectivity index (χ1n) is 12.3. The number of amides is 2. The summed E-state index contributed by atoms with van der Waals surface area (Å²) in [6.45, 7) is 5.37. The van der Waals surface area contributed by atoms with E-state index in [-0.39, 0.29) is 25.0 Å². The minimum absolute atomic E-state index is 0.0442. The highest BCUT2D eigenvalue weighted by molar-refractivity contribution is 5.90. The van der Waals surface area contributed by atoms with Gasteiger partial charge < -0.3 is 20.5 Å². The molecule has 0 heterocycles. The van der Waals surface area contributed by atoms with E-state index in [1.54, 1.807) is 0 Å². The van der Waals surface area contributed by atoms with Crippen LogP contribution in [0.25, 0.3) is 11.1 Å². The van der Waals surface area contributed by atoms with Gasteiger partial charge in [0.15, 0.2) is 0 Å². The molecule has 3 N–H and O–H groups in total. The number of hydrogen-bond donors (Lipinski definition) is 3. The molecule has 2 aromatic rings. The van der Waals surface area contributed by atoms with E-state index in [1.807, 2.05) is 24.3 Å². The van der Waals surface area contributed by atoms with Gasteiger partial charge in [0.05, 0.1) is 5.41 Å². The number of carboxylic acid groups (broad SMARTS) is 1. The Labute approximate surface area is 206 Å². The fourth-order valence-corrected chi connectivity index (χ4v) is 5.16. The molecule has 4 rings (SSSR count). The second-order valence-corrected chi connectivity index (χ2v) is 10.5. The van der Waals surface area contributed by atoms with Gasteiger partial charge in [-0.05, 0) is 67.7 Å². The molecule has 2 aliphatic carbocycles. The third kappa shape index (κ3) is 5.04. The van der Waals surface area contributed by atoms with E-state index in [0.717, 1.165) is 35.1 Å². The summed E-state index contributed by atoms with van der Waals surface area (Å²) in [6, 6.07) is 16.3. The summed E-state index contributed by atoms with van der Waals surface area (Å²) in [7, 11) is 0. The summed E-state index contributed by atoms with van der Waals surface area (Å²) >= 11 is 0. The predicted octanol–water partition coefficient (Wildman–Crippen LogP) is 4.70. The molecule has 0 spiro atoms. The van der Waals surface area contributed by atoms with Crippen molar-refractivity contribution in [3.05, 3.63) is 59.7 Å². The number of carbonyl (C=O) groups is 3. The van der Waals surface area contributed by atoms with Crippen molar-refractivity contribution >= 4 is 18.0 Å². The van der Waals surface area contributed by atoms with Crippen molar-refractivity contribution in [2.45, 2.75) is 57.9 Å². The van der Waals surface area contributed by atoms with Crippen molar-refractivity contribution in [2.24, 2.45) is 11.3 Å². The van der Waals surface area contributed by atoms with Crippen LogP contribution in [0.5, 0.6) is 0 Å². The van der Waals surface area contributed by atoms with Gasteiger partial charge in [0, 0.05) is 12.5 Å². The third-order valence-corrected chi connectivity index (χ3v) is 7.59. The molecule has 0 aromatic heterocycles. The average molecular weight is 479 g/mol. The van der Waals surface area contributed by atoms with Crippen LogP contribution in [0.3, 0.4) is 0 Å². The first-order valence-corrected chi connectivity index (χ1v) is 12.3. The Balaban J connectivity index is 1.42. The lowest BCUT2D eigenvalue weighted by atomic mass is 9.69. The molecule has 2 aromatic carbocycles. The molecule has 1 saturated carbocycles. The summed E-state index contributed by atoms with van der Waals surface area (Å²) in [5.74, 6) is -0.999. The van der Waals surface area contributed by atoms with Gasteiger partial charge in [0.2, 0.25) is 5.91 Å². The largest absolute Gasteiger partial charge is 0.480 e. The van der Waals surface area contributed by atoms with Crippen molar-refractivity contribution in [3.63, 3.8) is 0 Å². The lowest BCUT2D eigenvalue weighted by Gasteiger charge is -2.39. The fourth-order valence-electron chi connectivity index (χ4n) is 5.16. The van der Waals surface area contributed by atoms with Crippen LogP contribution < -0.4 is 10.6 Å². The lowest BCUT2D eigenvalue weighted by molar-refractivity contribution is -0.148. The standard InChI is InChI=1S/C28H34N2O5/c1-18-12-14-28(15-13-18,24(31)30-27(2,3)25(32)33)17-29-26(34)35-16-23-21-10-6-4-8-19(21)20-9-5-7-11-22(20)23/h4-11,18,23H,12-17H2,1-3H3,(H,29,34)(H,30,31)(H,32,33). The molecule has 35 heavy (non-hydrogen) atoms. The molecule has 7 heteroatoms. The first-order chi connectivity index (χ1) is 16.6. The topological polar surface area (TPSA) is 105 Å².